The number of hydrogen-bond acceptors (Lipinski definition) is 4. The maximum atomic E-state index is 12.8. The lowest BCUT2D eigenvalue weighted by Gasteiger charge is -2.09. The van der Waals surface area contributed by atoms with Crippen LogP contribution in [0, 0.1) is 6.92 Å². The van der Waals surface area contributed by atoms with Crippen molar-refractivity contribution in [2.75, 3.05) is 20.6 Å². The minimum atomic E-state index is 0.127. The zero-order valence-corrected chi connectivity index (χ0v) is 13.0. The van der Waals surface area contributed by atoms with Crippen molar-refractivity contribution in [2.24, 2.45) is 0 Å². The highest BCUT2D eigenvalue weighted by molar-refractivity contribution is 6.13. The number of para-hydroxylation sites is 1. The van der Waals surface area contributed by atoms with Gasteiger partial charge in [0.1, 0.15) is 5.76 Å². The summed E-state index contributed by atoms with van der Waals surface area (Å²) < 4.78 is 5.16. The molecule has 0 fully saturated rings. The summed E-state index contributed by atoms with van der Waals surface area (Å²) in [6.07, 6.45) is 2.13. The third-order valence-corrected chi connectivity index (χ3v) is 3.79. The Kier molecular flexibility index (Phi) is 3.81. The summed E-state index contributed by atoms with van der Waals surface area (Å²) in [5, 5.41) is 4.77. The van der Waals surface area contributed by atoms with Crippen molar-refractivity contribution in [2.45, 2.75) is 13.3 Å². The lowest BCUT2D eigenvalue weighted by molar-refractivity contribution is 0.0975. The number of aromatic nitrogens is 2. The zero-order valence-electron chi connectivity index (χ0n) is 13.0. The van der Waals surface area contributed by atoms with Crippen molar-refractivity contribution in [3.8, 4) is 11.3 Å². The van der Waals surface area contributed by atoms with Gasteiger partial charge in [0.2, 0.25) is 0 Å². The van der Waals surface area contributed by atoms with E-state index in [-0.39, 0.29) is 5.78 Å². The van der Waals surface area contributed by atoms with Crippen LogP contribution in [0.5, 0.6) is 0 Å². The first kappa shape index (κ1) is 14.5. The summed E-state index contributed by atoms with van der Waals surface area (Å²) in [6, 6.07) is 7.85. The van der Waals surface area contributed by atoms with Crippen molar-refractivity contribution in [1.82, 2.24) is 15.0 Å². The van der Waals surface area contributed by atoms with Gasteiger partial charge in [-0.05, 0) is 27.1 Å². The van der Waals surface area contributed by atoms with Crippen molar-refractivity contribution in [3.63, 3.8) is 0 Å². The van der Waals surface area contributed by atoms with Crippen LogP contribution >= 0.6 is 0 Å². The molecule has 0 atom stereocenters. The topological polar surface area (TPSA) is 62.1 Å². The second-order valence-corrected chi connectivity index (χ2v) is 5.69. The Hall–Kier alpha value is -2.40. The number of fused-ring (bicyclic) bond motifs is 1. The quantitative estimate of drug-likeness (QED) is 0.734. The lowest BCUT2D eigenvalue weighted by atomic mass is 10.0. The minimum Gasteiger partial charge on any atom is -0.361 e. The number of carbonyl (C=O) groups is 1. The Morgan fingerprint density at radius 3 is 2.77 bits per heavy atom. The molecule has 0 spiro atoms. The molecule has 0 radical (unpaired) electrons. The van der Waals surface area contributed by atoms with Crippen molar-refractivity contribution >= 4 is 16.7 Å². The van der Waals surface area contributed by atoms with Gasteiger partial charge >= 0.3 is 0 Å². The number of H-pyrrole nitrogens is 1. The Morgan fingerprint density at radius 1 is 1.32 bits per heavy atom. The number of aryl methyl sites for hydroxylation is 1. The van der Waals surface area contributed by atoms with Gasteiger partial charge in [0.05, 0.1) is 23.0 Å². The van der Waals surface area contributed by atoms with Crippen LogP contribution in [0.15, 0.2) is 35.0 Å². The first-order valence-corrected chi connectivity index (χ1v) is 7.28. The molecule has 1 N–H and O–H groups in total. The highest BCUT2D eigenvalue weighted by atomic mass is 16.5. The van der Waals surface area contributed by atoms with Crippen LogP contribution in [0.25, 0.3) is 22.2 Å². The number of carbonyl (C=O) groups excluding carboxylic acids is 1. The molecule has 5 nitrogen and oxygen atoms in total. The van der Waals surface area contributed by atoms with E-state index in [1.54, 1.807) is 6.20 Å². The number of nitrogens with zero attached hydrogens (tertiary/aromatic N) is 2. The molecule has 0 bridgehead atoms. The molecule has 0 saturated carbocycles. The molecule has 2 heterocycles. The van der Waals surface area contributed by atoms with Crippen molar-refractivity contribution in [1.29, 1.82) is 0 Å². The Bertz CT molecular complexity index is 814. The van der Waals surface area contributed by atoms with Gasteiger partial charge in [-0.2, -0.15) is 0 Å². The van der Waals surface area contributed by atoms with Gasteiger partial charge in [-0.3, -0.25) is 4.79 Å². The number of benzene rings is 1. The highest BCUT2D eigenvalue weighted by Crippen LogP contribution is 2.32. The fourth-order valence-electron chi connectivity index (χ4n) is 2.62. The molecule has 3 rings (SSSR count). The smallest absolute Gasteiger partial charge is 0.166 e. The average Bonchev–Trinajstić information content (AvgIpc) is 3.07. The molecule has 114 valence electrons. The molecule has 0 aliphatic carbocycles. The molecule has 3 aromatic rings. The summed E-state index contributed by atoms with van der Waals surface area (Å²) in [5.41, 5.74) is 3.31. The molecule has 0 aliphatic rings. The summed E-state index contributed by atoms with van der Waals surface area (Å²) in [6.45, 7) is 2.57. The zero-order chi connectivity index (χ0) is 15.7. The summed E-state index contributed by atoms with van der Waals surface area (Å²) in [7, 11) is 3.93. The van der Waals surface area contributed by atoms with Gasteiger partial charge in [0.15, 0.2) is 5.78 Å². The maximum Gasteiger partial charge on any atom is 0.166 e. The van der Waals surface area contributed by atoms with E-state index in [4.69, 9.17) is 4.52 Å². The van der Waals surface area contributed by atoms with E-state index in [0.29, 0.717) is 12.2 Å². The van der Waals surface area contributed by atoms with Crippen LogP contribution in [0.1, 0.15) is 22.5 Å². The molecular formula is C17H19N3O2. The number of rotatable bonds is 5. The highest BCUT2D eigenvalue weighted by Gasteiger charge is 2.21. The summed E-state index contributed by atoms with van der Waals surface area (Å²) >= 11 is 0. The number of ketones is 1. The molecule has 0 amide bonds. The Morgan fingerprint density at radius 2 is 2.09 bits per heavy atom. The maximum absolute atomic E-state index is 12.8. The average molecular weight is 297 g/mol. The van der Waals surface area contributed by atoms with Gasteiger partial charge in [0, 0.05) is 23.9 Å². The van der Waals surface area contributed by atoms with E-state index >= 15 is 0 Å². The van der Waals surface area contributed by atoms with Crippen LogP contribution in [0.3, 0.4) is 0 Å². The fourth-order valence-corrected chi connectivity index (χ4v) is 2.62. The number of Topliss-reactive ketones (excluding diaryl/α,β-unsaturated/α-hetero) is 1. The van der Waals surface area contributed by atoms with E-state index in [1.165, 1.54) is 0 Å². The van der Waals surface area contributed by atoms with Gasteiger partial charge < -0.3 is 14.4 Å². The van der Waals surface area contributed by atoms with Gasteiger partial charge in [-0.25, -0.2) is 0 Å². The van der Waals surface area contributed by atoms with Crippen molar-refractivity contribution in [3.05, 3.63) is 41.8 Å². The van der Waals surface area contributed by atoms with Gasteiger partial charge in [-0.1, -0.05) is 23.4 Å². The Labute approximate surface area is 128 Å². The Balaban J connectivity index is 2.13. The van der Waals surface area contributed by atoms with Gasteiger partial charge in [0.25, 0.3) is 0 Å². The number of nitrogens with one attached hydrogen (secondary N) is 1. The second-order valence-electron chi connectivity index (χ2n) is 5.69. The summed E-state index contributed by atoms with van der Waals surface area (Å²) in [4.78, 5) is 18.1. The second kappa shape index (κ2) is 5.77. The molecule has 0 unspecified atom stereocenters. The molecule has 5 heteroatoms. The van der Waals surface area contributed by atoms with E-state index in [2.05, 4.69) is 10.1 Å². The minimum absolute atomic E-state index is 0.127. The third kappa shape index (κ3) is 2.55. The molecule has 0 saturated heterocycles. The van der Waals surface area contributed by atoms with Crippen LogP contribution in [0.2, 0.25) is 0 Å². The van der Waals surface area contributed by atoms with Crippen LogP contribution in [-0.2, 0) is 0 Å². The van der Waals surface area contributed by atoms with E-state index in [9.17, 15) is 4.79 Å². The molecule has 1 aromatic carbocycles. The third-order valence-electron chi connectivity index (χ3n) is 3.79. The van der Waals surface area contributed by atoms with Crippen LogP contribution in [-0.4, -0.2) is 41.5 Å². The fraction of sp³-hybridized carbons (Fsp3) is 0.294. The first-order valence-electron chi connectivity index (χ1n) is 7.28. The number of aromatic amines is 1. The largest absolute Gasteiger partial charge is 0.361 e. The van der Waals surface area contributed by atoms with E-state index in [0.717, 1.165) is 34.3 Å². The normalized spacial score (nSPS) is 11.5. The van der Waals surface area contributed by atoms with E-state index in [1.807, 2.05) is 50.2 Å². The monoisotopic (exact) mass is 297 g/mol. The number of hydrogen-bond donors (Lipinski definition) is 1. The van der Waals surface area contributed by atoms with Crippen LogP contribution < -0.4 is 0 Å². The standard InChI is InChI=1S/C17H19N3O2/c1-11-13(10-18-22-11)17-16(15(21)8-9-20(2)3)12-6-4-5-7-14(12)19-17/h4-7,10,19H,8-9H2,1-3H3. The lowest BCUT2D eigenvalue weighted by Crippen LogP contribution is -2.16. The predicted molar refractivity (Wildman–Crippen MR) is 86.0 cm³/mol. The predicted octanol–water partition coefficient (Wildman–Crippen LogP) is 3.27. The first-order chi connectivity index (χ1) is 10.6. The molecule has 2 aromatic heterocycles. The van der Waals surface area contributed by atoms with Crippen LogP contribution in [0.4, 0.5) is 0 Å². The molecule has 0 aliphatic heterocycles. The van der Waals surface area contributed by atoms with Gasteiger partial charge in [-0.15, -0.1) is 0 Å². The molecular weight excluding hydrogens is 278 g/mol. The summed E-state index contributed by atoms with van der Waals surface area (Å²) in [5.74, 6) is 0.829. The molecule has 22 heavy (non-hydrogen) atoms. The SMILES string of the molecule is Cc1oncc1-c1[nH]c2ccccc2c1C(=O)CCN(C)C. The van der Waals surface area contributed by atoms with Crippen molar-refractivity contribution < 1.29 is 9.32 Å². The van der Waals surface area contributed by atoms with E-state index < -0.39 is 0 Å².